The molecule has 7 heteroatoms. The predicted molar refractivity (Wildman–Crippen MR) is 103 cm³/mol. The smallest absolute Gasteiger partial charge is 0.325 e. The van der Waals surface area contributed by atoms with Gasteiger partial charge in [0.15, 0.2) is 0 Å². The highest BCUT2D eigenvalue weighted by molar-refractivity contribution is 7.81. The summed E-state index contributed by atoms with van der Waals surface area (Å²) in [5.74, 6) is -1.80. The van der Waals surface area contributed by atoms with E-state index in [1.807, 2.05) is 32.9 Å². The number of nitrogens with zero attached hydrogens (tertiary/aromatic N) is 2. The lowest BCUT2D eigenvalue weighted by atomic mass is 9.93. The molecule has 2 atom stereocenters. The van der Waals surface area contributed by atoms with Crippen LogP contribution >= 0.6 is 12.6 Å². The van der Waals surface area contributed by atoms with Crippen molar-refractivity contribution in [1.29, 1.82) is 0 Å². The quantitative estimate of drug-likeness (QED) is 0.746. The van der Waals surface area contributed by atoms with E-state index in [9.17, 15) is 19.5 Å². The number of fused-ring (bicyclic) bond motifs is 1. The minimum atomic E-state index is -1.18. The molecule has 0 aromatic heterocycles. The minimum Gasteiger partial charge on any atom is -0.480 e. The second kappa shape index (κ2) is 8.58. The van der Waals surface area contributed by atoms with E-state index in [1.54, 1.807) is 12.1 Å². The average molecular weight is 378 g/mol. The van der Waals surface area contributed by atoms with Gasteiger partial charge in [0.05, 0.1) is 10.9 Å². The molecule has 0 saturated heterocycles. The molecule has 26 heavy (non-hydrogen) atoms. The third-order valence-corrected chi connectivity index (χ3v) is 5.57. The van der Waals surface area contributed by atoms with Gasteiger partial charge in [0.1, 0.15) is 6.54 Å². The Bertz CT molecular complexity index is 692. The van der Waals surface area contributed by atoms with Gasteiger partial charge in [0, 0.05) is 6.42 Å². The van der Waals surface area contributed by atoms with Crippen molar-refractivity contribution < 1.29 is 19.5 Å². The van der Waals surface area contributed by atoms with E-state index >= 15 is 0 Å². The molecule has 1 aliphatic rings. The van der Waals surface area contributed by atoms with Gasteiger partial charge < -0.3 is 5.11 Å². The number of carboxylic acid groups (broad SMARTS) is 1. The van der Waals surface area contributed by atoms with Crippen LogP contribution in [-0.4, -0.2) is 39.7 Å². The van der Waals surface area contributed by atoms with Crippen molar-refractivity contribution >= 4 is 36.1 Å². The Balaban J connectivity index is 2.46. The molecular formula is C19H26N2O4S. The van der Waals surface area contributed by atoms with Gasteiger partial charge in [-0.3, -0.25) is 14.4 Å². The molecule has 0 fully saturated rings. The molecule has 0 spiro atoms. The lowest BCUT2D eigenvalue weighted by molar-refractivity contribution is -0.146. The first-order chi connectivity index (χ1) is 12.2. The molecular weight excluding hydrogens is 352 g/mol. The lowest BCUT2D eigenvalue weighted by Gasteiger charge is -2.36. The zero-order valence-corrected chi connectivity index (χ0v) is 16.3. The fourth-order valence-corrected chi connectivity index (χ4v) is 3.46. The molecule has 6 nitrogen and oxygen atoms in total. The normalized spacial score (nSPS) is 16.7. The first-order valence-corrected chi connectivity index (χ1v) is 9.37. The van der Waals surface area contributed by atoms with E-state index in [4.69, 9.17) is 0 Å². The second-order valence-corrected chi connectivity index (χ2v) is 7.58. The summed E-state index contributed by atoms with van der Waals surface area (Å²) < 4.78 is 0. The summed E-state index contributed by atoms with van der Waals surface area (Å²) >= 11 is 4.45. The Labute approximate surface area is 159 Å². The van der Waals surface area contributed by atoms with Crippen LogP contribution in [0.2, 0.25) is 0 Å². The van der Waals surface area contributed by atoms with E-state index < -0.39 is 23.7 Å². The Hall–Kier alpha value is -2.02. The summed E-state index contributed by atoms with van der Waals surface area (Å²) in [5, 5.41) is 10.9. The summed E-state index contributed by atoms with van der Waals surface area (Å²) in [7, 11) is 0. The van der Waals surface area contributed by atoms with E-state index in [0.29, 0.717) is 18.5 Å². The Morgan fingerprint density at radius 3 is 2.50 bits per heavy atom. The maximum atomic E-state index is 13.1. The summed E-state index contributed by atoms with van der Waals surface area (Å²) in [5.41, 5.74) is 1.50. The number of amides is 2. The maximum Gasteiger partial charge on any atom is 0.325 e. The summed E-state index contributed by atoms with van der Waals surface area (Å²) in [6, 6.07) is 7.31. The number of rotatable bonds is 6. The van der Waals surface area contributed by atoms with Gasteiger partial charge in [-0.2, -0.15) is 12.6 Å². The van der Waals surface area contributed by atoms with Crippen LogP contribution < -0.4 is 5.01 Å². The fraction of sp³-hybridized carbons (Fsp3) is 0.526. The monoisotopic (exact) mass is 378 g/mol. The first-order valence-electron chi connectivity index (χ1n) is 8.86. The van der Waals surface area contributed by atoms with Crippen LogP contribution in [0, 0.1) is 11.8 Å². The molecule has 0 unspecified atom stereocenters. The molecule has 2 rings (SSSR count). The van der Waals surface area contributed by atoms with Crippen molar-refractivity contribution in [2.45, 2.75) is 45.3 Å². The van der Waals surface area contributed by atoms with Crippen molar-refractivity contribution in [2.75, 3.05) is 11.6 Å². The average Bonchev–Trinajstić information content (AvgIpc) is 2.75. The van der Waals surface area contributed by atoms with E-state index in [-0.39, 0.29) is 24.2 Å². The standard InChI is InChI=1S/C19H26N2O4S/c1-12(2)13(3)18(26)19(25)20(11-17(23)24)21-15-9-5-4-7-14(15)8-6-10-16(21)22/h4-5,7,9,12-13,18,26H,6,8,10-11H2,1-3H3,(H,23,24)/t13-,18-/m0/s1. The maximum absolute atomic E-state index is 13.1. The van der Waals surface area contributed by atoms with Crippen molar-refractivity contribution in [2.24, 2.45) is 11.8 Å². The number of thiol groups is 1. The van der Waals surface area contributed by atoms with Crippen LogP contribution in [0.1, 0.15) is 39.2 Å². The molecule has 1 N–H and O–H groups in total. The molecule has 1 heterocycles. The number of carbonyl (C=O) groups is 3. The van der Waals surface area contributed by atoms with Gasteiger partial charge in [-0.05, 0) is 36.3 Å². The largest absolute Gasteiger partial charge is 0.480 e. The fourth-order valence-electron chi connectivity index (χ4n) is 2.98. The van der Waals surface area contributed by atoms with Crippen molar-refractivity contribution in [3.05, 3.63) is 29.8 Å². The molecule has 1 aromatic rings. The highest BCUT2D eigenvalue weighted by Crippen LogP contribution is 2.30. The van der Waals surface area contributed by atoms with Crippen LogP contribution in [0.25, 0.3) is 0 Å². The molecule has 1 aliphatic heterocycles. The zero-order chi connectivity index (χ0) is 19.4. The third kappa shape index (κ3) is 4.38. The molecule has 1 aromatic carbocycles. The Morgan fingerprint density at radius 1 is 1.23 bits per heavy atom. The lowest BCUT2D eigenvalue weighted by Crippen LogP contribution is -2.55. The number of aryl methyl sites for hydroxylation is 1. The summed E-state index contributed by atoms with van der Waals surface area (Å²) in [6.07, 6.45) is 1.63. The van der Waals surface area contributed by atoms with Crippen molar-refractivity contribution in [3.63, 3.8) is 0 Å². The highest BCUT2D eigenvalue weighted by atomic mass is 32.1. The van der Waals surface area contributed by atoms with Gasteiger partial charge in [0.25, 0.3) is 5.91 Å². The molecule has 0 radical (unpaired) electrons. The van der Waals surface area contributed by atoms with Crippen LogP contribution in [0.3, 0.4) is 0 Å². The number of hydrogen-bond acceptors (Lipinski definition) is 4. The van der Waals surface area contributed by atoms with Gasteiger partial charge in [0.2, 0.25) is 5.91 Å². The molecule has 142 valence electrons. The Morgan fingerprint density at radius 2 is 1.88 bits per heavy atom. The van der Waals surface area contributed by atoms with Crippen LogP contribution in [-0.2, 0) is 20.8 Å². The number of anilines is 1. The number of hydrogen-bond donors (Lipinski definition) is 2. The molecule has 0 bridgehead atoms. The number of carboxylic acids is 1. The van der Waals surface area contributed by atoms with E-state index in [0.717, 1.165) is 10.6 Å². The number of carbonyl (C=O) groups excluding carboxylic acids is 2. The van der Waals surface area contributed by atoms with Gasteiger partial charge in [-0.1, -0.05) is 39.0 Å². The predicted octanol–water partition coefficient (Wildman–Crippen LogP) is 2.77. The minimum absolute atomic E-state index is 0.0700. The van der Waals surface area contributed by atoms with Crippen LogP contribution in [0.4, 0.5) is 5.69 Å². The number of aliphatic carboxylic acids is 1. The summed E-state index contributed by atoms with van der Waals surface area (Å²) in [6.45, 7) is 5.28. The molecule has 0 saturated carbocycles. The van der Waals surface area contributed by atoms with Crippen molar-refractivity contribution in [3.8, 4) is 0 Å². The zero-order valence-electron chi connectivity index (χ0n) is 15.4. The molecule has 2 amide bonds. The highest BCUT2D eigenvalue weighted by Gasteiger charge is 2.36. The Kier molecular flexibility index (Phi) is 6.69. The van der Waals surface area contributed by atoms with Gasteiger partial charge >= 0.3 is 5.97 Å². The van der Waals surface area contributed by atoms with Crippen LogP contribution in [0.5, 0.6) is 0 Å². The van der Waals surface area contributed by atoms with E-state index in [2.05, 4.69) is 12.6 Å². The van der Waals surface area contributed by atoms with E-state index in [1.165, 1.54) is 5.01 Å². The summed E-state index contributed by atoms with van der Waals surface area (Å²) in [4.78, 5) is 37.3. The number of para-hydroxylation sites is 1. The van der Waals surface area contributed by atoms with Crippen LogP contribution in [0.15, 0.2) is 24.3 Å². The molecule has 0 aliphatic carbocycles. The topological polar surface area (TPSA) is 77.9 Å². The third-order valence-electron chi connectivity index (χ3n) is 4.88. The van der Waals surface area contributed by atoms with Gasteiger partial charge in [-0.25, -0.2) is 10.0 Å². The SMILES string of the molecule is CC(C)[C@H](C)[C@H](S)C(=O)N(CC(=O)O)N1C(=O)CCCc2ccccc21. The first kappa shape index (κ1) is 20.3. The number of hydrazine groups is 1. The van der Waals surface area contributed by atoms with Crippen molar-refractivity contribution in [1.82, 2.24) is 5.01 Å². The van der Waals surface area contributed by atoms with Gasteiger partial charge in [-0.15, -0.1) is 0 Å². The number of benzene rings is 1. The second-order valence-electron chi connectivity index (χ2n) is 7.03.